The zero-order chi connectivity index (χ0) is 10.9. The smallest absolute Gasteiger partial charge is 0.433 e. The van der Waals surface area contributed by atoms with Gasteiger partial charge in [-0.15, -0.1) is 0 Å². The van der Waals surface area contributed by atoms with Crippen LogP contribution in [0.3, 0.4) is 0 Å². The summed E-state index contributed by atoms with van der Waals surface area (Å²) in [5, 5.41) is 0. The van der Waals surface area contributed by atoms with Gasteiger partial charge in [0.1, 0.15) is 6.61 Å². The predicted octanol–water partition coefficient (Wildman–Crippen LogP) is 3.19. The lowest BCUT2D eigenvalue weighted by Crippen LogP contribution is -1.99. The normalized spacial score (nSPS) is 10.5. The molecule has 0 atom stereocenters. The summed E-state index contributed by atoms with van der Waals surface area (Å²) in [6, 6.07) is 9.55. The van der Waals surface area contributed by atoms with Gasteiger partial charge in [0.05, 0.1) is 0 Å². The monoisotopic (exact) mass is 205 g/mol. The van der Waals surface area contributed by atoms with E-state index in [2.05, 4.69) is 4.99 Å². The standard InChI is InChI=1S/C12H15NO2/c1-2-3-9-13-12(14)15-10-11-7-5-4-6-8-11/h4-9H,2-3,10H2,1H3/b13-9-. The van der Waals surface area contributed by atoms with Crippen LogP contribution in [0.2, 0.25) is 0 Å². The minimum absolute atomic E-state index is 0.281. The molecule has 3 heteroatoms. The molecule has 1 amide bonds. The third kappa shape index (κ3) is 4.96. The second kappa shape index (κ2) is 6.76. The molecule has 0 aliphatic carbocycles. The van der Waals surface area contributed by atoms with Gasteiger partial charge in [-0.25, -0.2) is 4.79 Å². The summed E-state index contributed by atoms with van der Waals surface area (Å²) in [6.07, 6.45) is 2.86. The van der Waals surface area contributed by atoms with Crippen molar-refractivity contribution in [2.45, 2.75) is 26.4 Å². The first-order chi connectivity index (χ1) is 7.33. The van der Waals surface area contributed by atoms with Crippen LogP contribution >= 0.6 is 0 Å². The van der Waals surface area contributed by atoms with Crippen molar-refractivity contribution < 1.29 is 9.53 Å². The summed E-state index contributed by atoms with van der Waals surface area (Å²) >= 11 is 0. The van der Waals surface area contributed by atoms with Gasteiger partial charge in [0.2, 0.25) is 0 Å². The number of rotatable bonds is 4. The molecule has 80 valence electrons. The van der Waals surface area contributed by atoms with Crippen molar-refractivity contribution in [3.8, 4) is 0 Å². The van der Waals surface area contributed by atoms with Crippen molar-refractivity contribution in [1.29, 1.82) is 0 Å². The molecule has 0 saturated heterocycles. The molecule has 0 saturated carbocycles. The lowest BCUT2D eigenvalue weighted by atomic mass is 10.2. The number of hydrogen-bond acceptors (Lipinski definition) is 2. The van der Waals surface area contributed by atoms with Crippen LogP contribution in [0.1, 0.15) is 25.3 Å². The number of benzene rings is 1. The van der Waals surface area contributed by atoms with Gasteiger partial charge in [0.25, 0.3) is 0 Å². The van der Waals surface area contributed by atoms with E-state index in [1.807, 2.05) is 37.3 Å². The summed E-state index contributed by atoms with van der Waals surface area (Å²) in [7, 11) is 0. The zero-order valence-corrected chi connectivity index (χ0v) is 8.85. The van der Waals surface area contributed by atoms with Gasteiger partial charge >= 0.3 is 6.09 Å². The number of unbranched alkanes of at least 4 members (excludes halogenated alkanes) is 1. The van der Waals surface area contributed by atoms with E-state index in [0.717, 1.165) is 18.4 Å². The third-order valence-electron chi connectivity index (χ3n) is 1.82. The van der Waals surface area contributed by atoms with Crippen molar-refractivity contribution in [2.75, 3.05) is 0 Å². The van der Waals surface area contributed by atoms with Crippen LogP contribution in [0.25, 0.3) is 0 Å². The van der Waals surface area contributed by atoms with Crippen LogP contribution in [0.15, 0.2) is 35.3 Å². The Labute approximate surface area is 89.8 Å². The van der Waals surface area contributed by atoms with E-state index in [0.29, 0.717) is 0 Å². The molecule has 0 aromatic heterocycles. The first kappa shape index (κ1) is 11.4. The highest BCUT2D eigenvalue weighted by Gasteiger charge is 1.98. The number of amides is 1. The molecule has 3 nitrogen and oxygen atoms in total. The van der Waals surface area contributed by atoms with E-state index >= 15 is 0 Å². The Morgan fingerprint density at radius 3 is 2.80 bits per heavy atom. The molecule has 0 aliphatic heterocycles. The SMILES string of the molecule is CCC/C=N\C(=O)OCc1ccccc1. The van der Waals surface area contributed by atoms with E-state index in [9.17, 15) is 4.79 Å². The maximum atomic E-state index is 11.1. The summed E-state index contributed by atoms with van der Waals surface area (Å²) in [4.78, 5) is 14.7. The number of carbonyl (C=O) groups excluding carboxylic acids is 1. The molecular formula is C12H15NO2. The summed E-state index contributed by atoms with van der Waals surface area (Å²) in [5.74, 6) is 0. The first-order valence-electron chi connectivity index (χ1n) is 5.06. The minimum Gasteiger partial charge on any atom is -0.443 e. The Hall–Kier alpha value is -1.64. The molecule has 0 fully saturated rings. The van der Waals surface area contributed by atoms with E-state index in [4.69, 9.17) is 4.74 Å². The van der Waals surface area contributed by atoms with E-state index < -0.39 is 6.09 Å². The average Bonchev–Trinajstić information content (AvgIpc) is 2.28. The zero-order valence-electron chi connectivity index (χ0n) is 8.85. The van der Waals surface area contributed by atoms with Gasteiger partial charge in [-0.3, -0.25) is 0 Å². The first-order valence-corrected chi connectivity index (χ1v) is 5.06. The Balaban J connectivity index is 2.28. The molecule has 0 N–H and O–H groups in total. The van der Waals surface area contributed by atoms with Crippen LogP contribution < -0.4 is 0 Å². The fourth-order valence-corrected chi connectivity index (χ4v) is 1.02. The van der Waals surface area contributed by atoms with Crippen LogP contribution in [-0.2, 0) is 11.3 Å². The lowest BCUT2D eigenvalue weighted by Gasteiger charge is -2.00. The van der Waals surface area contributed by atoms with Crippen molar-refractivity contribution >= 4 is 12.3 Å². The topological polar surface area (TPSA) is 38.7 Å². The number of nitrogens with zero attached hydrogens (tertiary/aromatic N) is 1. The Morgan fingerprint density at radius 1 is 1.40 bits per heavy atom. The molecule has 1 rings (SSSR count). The molecule has 0 unspecified atom stereocenters. The third-order valence-corrected chi connectivity index (χ3v) is 1.82. The predicted molar refractivity (Wildman–Crippen MR) is 60.0 cm³/mol. The molecule has 0 heterocycles. The summed E-state index contributed by atoms with van der Waals surface area (Å²) in [5.41, 5.74) is 0.969. The summed E-state index contributed by atoms with van der Waals surface area (Å²) in [6.45, 7) is 2.31. The minimum atomic E-state index is -0.521. The largest absolute Gasteiger partial charge is 0.443 e. The Morgan fingerprint density at radius 2 is 2.13 bits per heavy atom. The number of hydrogen-bond donors (Lipinski definition) is 0. The van der Waals surface area contributed by atoms with Crippen LogP contribution in [-0.4, -0.2) is 12.3 Å². The molecule has 0 bridgehead atoms. The highest BCUT2D eigenvalue weighted by atomic mass is 16.5. The fourth-order valence-electron chi connectivity index (χ4n) is 1.02. The van der Waals surface area contributed by atoms with Crippen LogP contribution in [0.5, 0.6) is 0 Å². The maximum Gasteiger partial charge on any atom is 0.433 e. The van der Waals surface area contributed by atoms with E-state index in [1.54, 1.807) is 6.21 Å². The number of carbonyl (C=O) groups is 1. The molecule has 1 aromatic carbocycles. The molecular weight excluding hydrogens is 190 g/mol. The van der Waals surface area contributed by atoms with Crippen molar-refractivity contribution in [1.82, 2.24) is 0 Å². The van der Waals surface area contributed by atoms with Crippen molar-refractivity contribution in [3.63, 3.8) is 0 Å². The number of ether oxygens (including phenoxy) is 1. The van der Waals surface area contributed by atoms with E-state index in [1.165, 1.54) is 0 Å². The fraction of sp³-hybridized carbons (Fsp3) is 0.333. The molecule has 0 spiro atoms. The van der Waals surface area contributed by atoms with Gasteiger partial charge in [-0.2, -0.15) is 4.99 Å². The molecule has 0 radical (unpaired) electrons. The van der Waals surface area contributed by atoms with Gasteiger partial charge in [0.15, 0.2) is 0 Å². The van der Waals surface area contributed by atoms with Gasteiger partial charge in [0, 0.05) is 6.21 Å². The second-order valence-electron chi connectivity index (χ2n) is 3.14. The average molecular weight is 205 g/mol. The number of aliphatic imine (C=N–C) groups is 1. The summed E-state index contributed by atoms with van der Waals surface area (Å²) < 4.78 is 4.94. The van der Waals surface area contributed by atoms with Crippen molar-refractivity contribution in [3.05, 3.63) is 35.9 Å². The van der Waals surface area contributed by atoms with Crippen LogP contribution in [0.4, 0.5) is 4.79 Å². The van der Waals surface area contributed by atoms with Crippen molar-refractivity contribution in [2.24, 2.45) is 4.99 Å². The van der Waals surface area contributed by atoms with Gasteiger partial charge in [-0.1, -0.05) is 43.7 Å². The molecule has 15 heavy (non-hydrogen) atoms. The van der Waals surface area contributed by atoms with Gasteiger partial charge in [-0.05, 0) is 12.0 Å². The molecule has 1 aromatic rings. The Bertz CT molecular complexity index is 320. The maximum absolute atomic E-state index is 11.1. The molecule has 0 aliphatic rings. The van der Waals surface area contributed by atoms with Crippen LogP contribution in [0, 0.1) is 0 Å². The lowest BCUT2D eigenvalue weighted by molar-refractivity contribution is 0.151. The van der Waals surface area contributed by atoms with Gasteiger partial charge < -0.3 is 4.74 Å². The highest BCUT2D eigenvalue weighted by molar-refractivity contribution is 5.79. The Kier molecular flexibility index (Phi) is 5.15. The quantitative estimate of drug-likeness (QED) is 0.708. The second-order valence-corrected chi connectivity index (χ2v) is 3.14. The highest BCUT2D eigenvalue weighted by Crippen LogP contribution is 2.01. The van der Waals surface area contributed by atoms with E-state index in [-0.39, 0.29) is 6.61 Å².